The van der Waals surface area contributed by atoms with Crippen LogP contribution >= 0.6 is 0 Å². The standard InChI is InChI=1S/C20H28N4O4/c1-13-22-17(12-28-13)20(27)23-6-4-15(5-7-23)10-24-11-16(8-18(24)25)19(26)21-9-14-2-3-14/h12,14-16H,2-11H2,1H3,(H,21,26). The molecule has 2 saturated heterocycles. The van der Waals surface area contributed by atoms with E-state index in [1.54, 1.807) is 11.8 Å². The molecule has 1 atom stereocenters. The molecule has 3 aliphatic rings. The number of aromatic nitrogens is 1. The summed E-state index contributed by atoms with van der Waals surface area (Å²) < 4.78 is 5.13. The first-order valence-electron chi connectivity index (χ1n) is 10.3. The van der Waals surface area contributed by atoms with Gasteiger partial charge in [-0.3, -0.25) is 14.4 Å². The Hall–Kier alpha value is -2.38. The number of rotatable bonds is 6. The molecule has 1 N–H and O–H groups in total. The lowest BCUT2D eigenvalue weighted by Gasteiger charge is -2.33. The fourth-order valence-corrected chi connectivity index (χ4v) is 4.09. The van der Waals surface area contributed by atoms with Crippen LogP contribution in [0.5, 0.6) is 0 Å². The van der Waals surface area contributed by atoms with Gasteiger partial charge in [0, 0.05) is 46.1 Å². The molecule has 3 amide bonds. The highest BCUT2D eigenvalue weighted by Gasteiger charge is 2.36. The molecular formula is C20H28N4O4. The summed E-state index contributed by atoms with van der Waals surface area (Å²) in [5.74, 6) is 1.27. The monoisotopic (exact) mass is 388 g/mol. The second kappa shape index (κ2) is 7.93. The number of carbonyl (C=O) groups is 3. The lowest BCUT2D eigenvalue weighted by Crippen LogP contribution is -2.42. The molecule has 0 radical (unpaired) electrons. The van der Waals surface area contributed by atoms with Crippen molar-refractivity contribution in [2.24, 2.45) is 17.8 Å². The summed E-state index contributed by atoms with van der Waals surface area (Å²) in [4.78, 5) is 44.8. The van der Waals surface area contributed by atoms with Crippen molar-refractivity contribution in [2.45, 2.75) is 39.0 Å². The Morgan fingerprint density at radius 2 is 1.96 bits per heavy atom. The van der Waals surface area contributed by atoms with Gasteiger partial charge < -0.3 is 19.5 Å². The van der Waals surface area contributed by atoms with Crippen molar-refractivity contribution in [1.29, 1.82) is 0 Å². The van der Waals surface area contributed by atoms with Gasteiger partial charge in [-0.2, -0.15) is 0 Å². The highest BCUT2D eigenvalue weighted by atomic mass is 16.3. The lowest BCUT2D eigenvalue weighted by atomic mass is 9.96. The largest absolute Gasteiger partial charge is 0.448 e. The third-order valence-electron chi connectivity index (χ3n) is 6.07. The van der Waals surface area contributed by atoms with E-state index in [9.17, 15) is 14.4 Å². The Balaban J connectivity index is 1.22. The fraction of sp³-hybridized carbons (Fsp3) is 0.700. The third kappa shape index (κ3) is 4.36. The normalized spacial score (nSPS) is 23.3. The van der Waals surface area contributed by atoms with E-state index in [2.05, 4.69) is 10.3 Å². The summed E-state index contributed by atoms with van der Waals surface area (Å²) in [6.45, 7) is 4.98. The van der Waals surface area contributed by atoms with Gasteiger partial charge in [0.15, 0.2) is 11.6 Å². The Morgan fingerprint density at radius 3 is 2.61 bits per heavy atom. The molecule has 3 fully saturated rings. The maximum Gasteiger partial charge on any atom is 0.275 e. The average Bonchev–Trinajstić information content (AvgIpc) is 3.32. The van der Waals surface area contributed by atoms with Crippen molar-refractivity contribution in [1.82, 2.24) is 20.1 Å². The predicted octanol–water partition coefficient (Wildman–Crippen LogP) is 1.21. The molecule has 1 aromatic heterocycles. The zero-order valence-electron chi connectivity index (χ0n) is 16.4. The van der Waals surface area contributed by atoms with E-state index < -0.39 is 0 Å². The van der Waals surface area contributed by atoms with Crippen LogP contribution in [0.25, 0.3) is 0 Å². The van der Waals surface area contributed by atoms with Crippen molar-refractivity contribution >= 4 is 17.7 Å². The lowest BCUT2D eigenvalue weighted by molar-refractivity contribution is -0.129. The first-order chi connectivity index (χ1) is 13.5. The number of nitrogens with one attached hydrogen (secondary N) is 1. The summed E-state index contributed by atoms with van der Waals surface area (Å²) in [6, 6.07) is 0. The summed E-state index contributed by atoms with van der Waals surface area (Å²) in [5, 5.41) is 2.99. The molecule has 152 valence electrons. The van der Waals surface area contributed by atoms with Gasteiger partial charge in [-0.15, -0.1) is 0 Å². The van der Waals surface area contributed by atoms with Crippen LogP contribution in [0.15, 0.2) is 10.7 Å². The zero-order chi connectivity index (χ0) is 19.7. The Morgan fingerprint density at radius 1 is 1.21 bits per heavy atom. The summed E-state index contributed by atoms with van der Waals surface area (Å²) in [6.07, 6.45) is 5.83. The maximum absolute atomic E-state index is 12.4. The SMILES string of the molecule is Cc1nc(C(=O)N2CCC(CN3CC(C(=O)NCC4CC4)CC3=O)CC2)co1. The molecule has 2 aliphatic heterocycles. The summed E-state index contributed by atoms with van der Waals surface area (Å²) >= 11 is 0. The second-order valence-corrected chi connectivity index (χ2v) is 8.38. The number of hydrogen-bond acceptors (Lipinski definition) is 5. The molecule has 0 bridgehead atoms. The number of oxazole rings is 1. The molecule has 1 aliphatic carbocycles. The van der Waals surface area contributed by atoms with E-state index in [1.807, 2.05) is 4.90 Å². The van der Waals surface area contributed by atoms with E-state index in [-0.39, 0.29) is 23.6 Å². The van der Waals surface area contributed by atoms with Crippen LogP contribution in [0.3, 0.4) is 0 Å². The Kier molecular flexibility index (Phi) is 5.37. The topological polar surface area (TPSA) is 95.8 Å². The highest BCUT2D eigenvalue weighted by molar-refractivity contribution is 5.92. The minimum absolute atomic E-state index is 0.0195. The van der Waals surface area contributed by atoms with Gasteiger partial charge in [-0.25, -0.2) is 4.98 Å². The fourth-order valence-electron chi connectivity index (χ4n) is 4.09. The quantitative estimate of drug-likeness (QED) is 0.790. The molecule has 0 aromatic carbocycles. The maximum atomic E-state index is 12.4. The molecule has 28 heavy (non-hydrogen) atoms. The van der Waals surface area contributed by atoms with E-state index in [0.717, 1.165) is 19.4 Å². The van der Waals surface area contributed by atoms with Crippen LogP contribution in [-0.4, -0.2) is 65.2 Å². The molecule has 4 rings (SSSR count). The number of amides is 3. The van der Waals surface area contributed by atoms with Crippen molar-refractivity contribution in [3.05, 3.63) is 17.8 Å². The van der Waals surface area contributed by atoms with Gasteiger partial charge in [-0.05, 0) is 37.5 Å². The number of nitrogens with zero attached hydrogens (tertiary/aromatic N) is 3. The molecule has 3 heterocycles. The average molecular weight is 388 g/mol. The van der Waals surface area contributed by atoms with E-state index in [0.29, 0.717) is 56.0 Å². The van der Waals surface area contributed by atoms with Crippen LogP contribution in [0.1, 0.15) is 48.5 Å². The van der Waals surface area contributed by atoms with Gasteiger partial charge in [0.25, 0.3) is 5.91 Å². The summed E-state index contributed by atoms with van der Waals surface area (Å²) in [5.41, 5.74) is 0.353. The number of likely N-dealkylation sites (tertiary alicyclic amines) is 2. The number of hydrogen-bond donors (Lipinski definition) is 1. The van der Waals surface area contributed by atoms with Gasteiger partial charge in [0.1, 0.15) is 6.26 Å². The van der Waals surface area contributed by atoms with E-state index in [4.69, 9.17) is 4.42 Å². The highest BCUT2D eigenvalue weighted by Crippen LogP contribution is 2.28. The van der Waals surface area contributed by atoms with Crippen molar-refractivity contribution < 1.29 is 18.8 Å². The van der Waals surface area contributed by atoms with Crippen LogP contribution < -0.4 is 5.32 Å². The van der Waals surface area contributed by atoms with E-state index in [1.165, 1.54) is 19.1 Å². The first kappa shape index (κ1) is 19.0. The van der Waals surface area contributed by atoms with Crippen LogP contribution in [0, 0.1) is 24.7 Å². The molecular weight excluding hydrogens is 360 g/mol. The molecule has 1 saturated carbocycles. The number of aryl methyl sites for hydroxylation is 1. The molecule has 1 aromatic rings. The van der Waals surface area contributed by atoms with Crippen molar-refractivity contribution in [3.8, 4) is 0 Å². The Bertz CT molecular complexity index is 749. The van der Waals surface area contributed by atoms with Crippen molar-refractivity contribution in [3.63, 3.8) is 0 Å². The minimum Gasteiger partial charge on any atom is -0.448 e. The first-order valence-corrected chi connectivity index (χ1v) is 10.3. The van der Waals surface area contributed by atoms with Crippen LogP contribution in [0.2, 0.25) is 0 Å². The third-order valence-corrected chi connectivity index (χ3v) is 6.07. The van der Waals surface area contributed by atoms with Crippen LogP contribution in [0.4, 0.5) is 0 Å². The van der Waals surface area contributed by atoms with Gasteiger partial charge in [0.05, 0.1) is 5.92 Å². The second-order valence-electron chi connectivity index (χ2n) is 8.38. The van der Waals surface area contributed by atoms with Gasteiger partial charge in [0.2, 0.25) is 11.8 Å². The summed E-state index contributed by atoms with van der Waals surface area (Å²) in [7, 11) is 0. The molecule has 1 unspecified atom stereocenters. The predicted molar refractivity (Wildman–Crippen MR) is 100 cm³/mol. The van der Waals surface area contributed by atoms with E-state index >= 15 is 0 Å². The molecule has 8 heteroatoms. The zero-order valence-corrected chi connectivity index (χ0v) is 16.4. The number of carbonyl (C=O) groups excluding carboxylic acids is 3. The smallest absolute Gasteiger partial charge is 0.275 e. The van der Waals surface area contributed by atoms with Gasteiger partial charge in [-0.1, -0.05) is 0 Å². The minimum atomic E-state index is -0.219. The Labute approximate surface area is 164 Å². The molecule has 0 spiro atoms. The van der Waals surface area contributed by atoms with Crippen LogP contribution in [-0.2, 0) is 9.59 Å². The van der Waals surface area contributed by atoms with Crippen molar-refractivity contribution in [2.75, 3.05) is 32.7 Å². The molecule has 8 nitrogen and oxygen atoms in total. The number of piperidine rings is 1. The van der Waals surface area contributed by atoms with Gasteiger partial charge >= 0.3 is 0 Å².